The van der Waals surface area contributed by atoms with E-state index in [1.54, 1.807) is 0 Å². The second kappa shape index (κ2) is 6.23. The lowest BCUT2D eigenvalue weighted by atomic mass is 10.2. The van der Waals surface area contributed by atoms with Crippen molar-refractivity contribution in [2.45, 2.75) is 13.8 Å². The summed E-state index contributed by atoms with van der Waals surface area (Å²) in [5, 5.41) is 6.51. The molecule has 5 nitrogen and oxygen atoms in total. The molecule has 0 aliphatic heterocycles. The summed E-state index contributed by atoms with van der Waals surface area (Å²) in [4.78, 5) is 16.7. The summed E-state index contributed by atoms with van der Waals surface area (Å²) in [5.74, 6) is -0.00506. The Morgan fingerprint density at radius 3 is 2.90 bits per heavy atom. The largest absolute Gasteiger partial charge is 0.382 e. The summed E-state index contributed by atoms with van der Waals surface area (Å²) >= 11 is 4.68. The fourth-order valence-electron chi connectivity index (χ4n) is 1.58. The SMILES string of the molecule is CCNc1nc(N)c(C(=O)Nc2ccc(C)c(Br)c2)s1. The van der Waals surface area contributed by atoms with E-state index in [0.717, 1.165) is 16.6 Å². The van der Waals surface area contributed by atoms with Gasteiger partial charge in [0.2, 0.25) is 0 Å². The number of carbonyl (C=O) groups excluding carboxylic acids is 1. The van der Waals surface area contributed by atoms with Gasteiger partial charge in [-0.1, -0.05) is 33.3 Å². The Balaban J connectivity index is 2.17. The van der Waals surface area contributed by atoms with Crippen LogP contribution in [-0.4, -0.2) is 17.4 Å². The van der Waals surface area contributed by atoms with Gasteiger partial charge in [0.25, 0.3) is 5.91 Å². The van der Waals surface area contributed by atoms with E-state index in [9.17, 15) is 4.79 Å². The summed E-state index contributed by atoms with van der Waals surface area (Å²) in [7, 11) is 0. The van der Waals surface area contributed by atoms with Crippen molar-refractivity contribution >= 4 is 49.8 Å². The van der Waals surface area contributed by atoms with Crippen molar-refractivity contribution in [2.75, 3.05) is 22.9 Å². The summed E-state index contributed by atoms with van der Waals surface area (Å²) in [6, 6.07) is 5.63. The zero-order valence-electron chi connectivity index (χ0n) is 11.2. The maximum absolute atomic E-state index is 12.2. The Morgan fingerprint density at radius 2 is 2.25 bits per heavy atom. The van der Waals surface area contributed by atoms with Crippen molar-refractivity contribution in [3.63, 3.8) is 0 Å². The van der Waals surface area contributed by atoms with Gasteiger partial charge in [-0.25, -0.2) is 4.98 Å². The van der Waals surface area contributed by atoms with Crippen LogP contribution in [0, 0.1) is 6.92 Å². The highest BCUT2D eigenvalue weighted by atomic mass is 79.9. The van der Waals surface area contributed by atoms with Crippen molar-refractivity contribution in [3.8, 4) is 0 Å². The van der Waals surface area contributed by atoms with Gasteiger partial charge in [-0.3, -0.25) is 4.79 Å². The lowest BCUT2D eigenvalue weighted by molar-refractivity contribution is 0.103. The van der Waals surface area contributed by atoms with Crippen LogP contribution in [-0.2, 0) is 0 Å². The monoisotopic (exact) mass is 354 g/mol. The lowest BCUT2D eigenvalue weighted by Crippen LogP contribution is -2.12. The lowest BCUT2D eigenvalue weighted by Gasteiger charge is -2.05. The van der Waals surface area contributed by atoms with E-state index in [2.05, 4.69) is 31.5 Å². The fraction of sp³-hybridized carbons (Fsp3) is 0.231. The molecule has 1 aromatic heterocycles. The number of nitrogens with one attached hydrogen (secondary N) is 2. The molecule has 1 amide bonds. The van der Waals surface area contributed by atoms with E-state index in [0.29, 0.717) is 15.7 Å². The van der Waals surface area contributed by atoms with Gasteiger partial charge in [0.15, 0.2) is 5.13 Å². The van der Waals surface area contributed by atoms with Crippen LogP contribution >= 0.6 is 27.3 Å². The molecule has 20 heavy (non-hydrogen) atoms. The van der Waals surface area contributed by atoms with E-state index >= 15 is 0 Å². The molecule has 0 fully saturated rings. The van der Waals surface area contributed by atoms with Crippen molar-refractivity contribution in [2.24, 2.45) is 0 Å². The average Bonchev–Trinajstić information content (AvgIpc) is 2.75. The van der Waals surface area contributed by atoms with Crippen molar-refractivity contribution < 1.29 is 4.79 Å². The Labute approximate surface area is 129 Å². The van der Waals surface area contributed by atoms with E-state index < -0.39 is 0 Å². The quantitative estimate of drug-likeness (QED) is 0.785. The number of hydrogen-bond donors (Lipinski definition) is 3. The van der Waals surface area contributed by atoms with Crippen LogP contribution in [0.4, 0.5) is 16.6 Å². The number of nitrogen functional groups attached to an aromatic ring is 1. The molecule has 0 radical (unpaired) electrons. The molecule has 1 aromatic carbocycles. The Bertz CT molecular complexity index is 641. The van der Waals surface area contributed by atoms with Crippen LogP contribution in [0.2, 0.25) is 0 Å². The number of thiazole rings is 1. The molecule has 7 heteroatoms. The molecule has 4 N–H and O–H groups in total. The van der Waals surface area contributed by atoms with E-state index in [1.807, 2.05) is 32.0 Å². The number of nitrogens with zero attached hydrogens (tertiary/aromatic N) is 1. The minimum Gasteiger partial charge on any atom is -0.382 e. The number of amides is 1. The minimum absolute atomic E-state index is 0.245. The Hall–Kier alpha value is -1.60. The molecule has 0 unspecified atom stereocenters. The highest BCUT2D eigenvalue weighted by molar-refractivity contribution is 9.10. The number of aromatic nitrogens is 1. The van der Waals surface area contributed by atoms with Gasteiger partial charge in [0, 0.05) is 16.7 Å². The molecule has 0 saturated carbocycles. The molecule has 106 valence electrons. The molecule has 2 aromatic rings. The third-order valence-corrected chi connectivity index (χ3v) is 4.50. The molecular formula is C13H15BrN4OS. The molecular weight excluding hydrogens is 340 g/mol. The summed E-state index contributed by atoms with van der Waals surface area (Å²) in [6.07, 6.45) is 0. The summed E-state index contributed by atoms with van der Waals surface area (Å²) < 4.78 is 0.945. The van der Waals surface area contributed by atoms with Gasteiger partial charge in [-0.05, 0) is 31.5 Å². The van der Waals surface area contributed by atoms with Gasteiger partial charge >= 0.3 is 0 Å². The van der Waals surface area contributed by atoms with Crippen LogP contribution < -0.4 is 16.4 Å². The minimum atomic E-state index is -0.250. The summed E-state index contributed by atoms with van der Waals surface area (Å²) in [6.45, 7) is 4.68. The molecule has 0 saturated heterocycles. The predicted octanol–water partition coefficient (Wildman–Crippen LogP) is 3.48. The van der Waals surface area contributed by atoms with Gasteiger partial charge in [0.1, 0.15) is 10.7 Å². The highest BCUT2D eigenvalue weighted by Crippen LogP contribution is 2.26. The predicted molar refractivity (Wildman–Crippen MR) is 87.5 cm³/mol. The van der Waals surface area contributed by atoms with Crippen molar-refractivity contribution in [1.82, 2.24) is 4.98 Å². The fourth-order valence-corrected chi connectivity index (χ4v) is 2.81. The summed E-state index contributed by atoms with van der Waals surface area (Å²) in [5.41, 5.74) is 7.59. The van der Waals surface area contributed by atoms with E-state index in [-0.39, 0.29) is 11.7 Å². The van der Waals surface area contributed by atoms with Crippen LogP contribution in [0.3, 0.4) is 0 Å². The van der Waals surface area contributed by atoms with E-state index in [1.165, 1.54) is 11.3 Å². The number of hydrogen-bond acceptors (Lipinski definition) is 5. The Morgan fingerprint density at radius 1 is 1.50 bits per heavy atom. The normalized spacial score (nSPS) is 10.3. The molecule has 0 bridgehead atoms. The number of nitrogens with two attached hydrogens (primary N) is 1. The van der Waals surface area contributed by atoms with Gasteiger partial charge in [-0.15, -0.1) is 0 Å². The topological polar surface area (TPSA) is 80.0 Å². The zero-order valence-corrected chi connectivity index (χ0v) is 13.6. The number of benzene rings is 1. The number of carbonyl (C=O) groups is 1. The maximum Gasteiger partial charge on any atom is 0.269 e. The van der Waals surface area contributed by atoms with Crippen LogP contribution in [0.5, 0.6) is 0 Å². The number of aryl methyl sites for hydroxylation is 1. The zero-order chi connectivity index (χ0) is 14.7. The first kappa shape index (κ1) is 14.8. The Kier molecular flexibility index (Phi) is 4.61. The smallest absolute Gasteiger partial charge is 0.269 e. The first-order valence-electron chi connectivity index (χ1n) is 6.09. The maximum atomic E-state index is 12.2. The second-order valence-corrected chi connectivity index (χ2v) is 6.04. The van der Waals surface area contributed by atoms with Crippen molar-refractivity contribution in [3.05, 3.63) is 33.1 Å². The molecule has 0 aliphatic rings. The standard InChI is InChI=1S/C13H15BrN4OS/c1-3-16-13-18-11(15)10(20-13)12(19)17-8-5-4-7(2)9(14)6-8/h4-6H,3,15H2,1-2H3,(H,16,18)(H,17,19). The highest BCUT2D eigenvalue weighted by Gasteiger charge is 2.16. The van der Waals surface area contributed by atoms with Gasteiger partial charge in [-0.2, -0.15) is 0 Å². The molecule has 2 rings (SSSR count). The molecule has 0 aliphatic carbocycles. The number of halogens is 1. The molecule has 0 spiro atoms. The van der Waals surface area contributed by atoms with E-state index in [4.69, 9.17) is 5.73 Å². The van der Waals surface area contributed by atoms with Gasteiger partial charge < -0.3 is 16.4 Å². The number of anilines is 3. The van der Waals surface area contributed by atoms with Crippen LogP contribution in [0.15, 0.2) is 22.7 Å². The first-order valence-corrected chi connectivity index (χ1v) is 7.70. The third-order valence-electron chi connectivity index (χ3n) is 2.62. The molecule has 0 atom stereocenters. The number of rotatable bonds is 4. The van der Waals surface area contributed by atoms with Gasteiger partial charge in [0.05, 0.1) is 0 Å². The second-order valence-electron chi connectivity index (χ2n) is 4.18. The third kappa shape index (κ3) is 3.29. The average molecular weight is 355 g/mol. The van der Waals surface area contributed by atoms with Crippen molar-refractivity contribution in [1.29, 1.82) is 0 Å². The van der Waals surface area contributed by atoms with Crippen LogP contribution in [0.25, 0.3) is 0 Å². The van der Waals surface area contributed by atoms with Crippen LogP contribution in [0.1, 0.15) is 22.2 Å². The molecule has 1 heterocycles. The first-order chi connectivity index (χ1) is 9.51.